The van der Waals surface area contributed by atoms with Crippen LogP contribution < -0.4 is 5.32 Å². The van der Waals surface area contributed by atoms with Gasteiger partial charge in [-0.05, 0) is 27.2 Å². The summed E-state index contributed by atoms with van der Waals surface area (Å²) in [6.07, 6.45) is 0.839. The lowest BCUT2D eigenvalue weighted by Gasteiger charge is -2.13. The summed E-state index contributed by atoms with van der Waals surface area (Å²) in [7, 11) is 0. The summed E-state index contributed by atoms with van der Waals surface area (Å²) in [4.78, 5) is 20.0. The molecule has 0 aliphatic heterocycles. The molecule has 94 valence electrons. The minimum absolute atomic E-state index is 0.276. The molecule has 1 rings (SSSR count). The zero-order valence-electron chi connectivity index (χ0n) is 10.8. The number of rotatable bonds is 5. The second-order valence-electron chi connectivity index (χ2n) is 3.76. The van der Waals surface area contributed by atoms with E-state index in [2.05, 4.69) is 15.3 Å². The van der Waals surface area contributed by atoms with Crippen LogP contribution in [0.1, 0.15) is 32.3 Å². The molecule has 17 heavy (non-hydrogen) atoms. The molecule has 1 N–H and O–H groups in total. The molecule has 0 fully saturated rings. The van der Waals surface area contributed by atoms with E-state index in [0.717, 1.165) is 12.1 Å². The fourth-order valence-corrected chi connectivity index (χ4v) is 1.43. The minimum Gasteiger partial charge on any atom is -0.464 e. The predicted octanol–water partition coefficient (Wildman–Crippen LogP) is 1.71. The fourth-order valence-electron chi connectivity index (χ4n) is 1.43. The quantitative estimate of drug-likeness (QED) is 0.790. The van der Waals surface area contributed by atoms with Crippen molar-refractivity contribution in [2.45, 2.75) is 40.2 Å². The van der Waals surface area contributed by atoms with Crippen LogP contribution in [0.25, 0.3) is 0 Å². The van der Waals surface area contributed by atoms with Gasteiger partial charge in [0, 0.05) is 11.8 Å². The van der Waals surface area contributed by atoms with Crippen molar-refractivity contribution < 1.29 is 9.53 Å². The van der Waals surface area contributed by atoms with Gasteiger partial charge in [0.05, 0.1) is 6.61 Å². The molecule has 0 spiro atoms. The Morgan fingerprint density at radius 2 is 2.18 bits per heavy atom. The maximum absolute atomic E-state index is 11.5. The maximum atomic E-state index is 11.5. The van der Waals surface area contributed by atoms with Gasteiger partial charge in [0.25, 0.3) is 0 Å². The highest BCUT2D eigenvalue weighted by Gasteiger charge is 2.14. The van der Waals surface area contributed by atoms with Crippen molar-refractivity contribution in [3.8, 4) is 0 Å². The van der Waals surface area contributed by atoms with E-state index in [4.69, 9.17) is 4.74 Å². The number of hydrogen-bond acceptors (Lipinski definition) is 5. The normalized spacial score (nSPS) is 12.0. The Kier molecular flexibility index (Phi) is 4.87. The molecule has 1 unspecified atom stereocenters. The zero-order valence-corrected chi connectivity index (χ0v) is 10.8. The molecule has 0 amide bonds. The van der Waals surface area contributed by atoms with Crippen molar-refractivity contribution in [2.75, 3.05) is 11.9 Å². The highest BCUT2D eigenvalue weighted by Crippen LogP contribution is 2.09. The molecular formula is C12H19N3O2. The third-order valence-electron chi connectivity index (χ3n) is 2.26. The Hall–Kier alpha value is -1.65. The number of nitrogens with zero attached hydrogens (tertiary/aromatic N) is 2. The molecule has 0 aliphatic carbocycles. The molecule has 0 aliphatic rings. The summed E-state index contributed by atoms with van der Waals surface area (Å²) in [6, 6.07) is 1.44. The largest absolute Gasteiger partial charge is 0.464 e. The zero-order chi connectivity index (χ0) is 12.8. The van der Waals surface area contributed by atoms with Crippen molar-refractivity contribution in [3.05, 3.63) is 17.6 Å². The van der Waals surface area contributed by atoms with E-state index in [1.165, 1.54) is 0 Å². The van der Waals surface area contributed by atoms with Crippen molar-refractivity contribution in [1.29, 1.82) is 0 Å². The first-order valence-electron chi connectivity index (χ1n) is 5.84. The van der Waals surface area contributed by atoms with Gasteiger partial charge in [0.15, 0.2) is 0 Å². The van der Waals surface area contributed by atoms with Crippen LogP contribution in [0.5, 0.6) is 0 Å². The van der Waals surface area contributed by atoms with Crippen LogP contribution >= 0.6 is 0 Å². The van der Waals surface area contributed by atoms with Gasteiger partial charge in [-0.15, -0.1) is 0 Å². The van der Waals surface area contributed by atoms with E-state index in [0.29, 0.717) is 18.2 Å². The Balaban J connectivity index is 2.73. The lowest BCUT2D eigenvalue weighted by atomic mass is 10.3. The number of carbonyl (C=O) groups excluding carboxylic acids is 1. The smallest absolute Gasteiger partial charge is 0.328 e. The Morgan fingerprint density at radius 3 is 2.76 bits per heavy atom. The van der Waals surface area contributed by atoms with Crippen molar-refractivity contribution in [2.24, 2.45) is 0 Å². The number of aromatic nitrogens is 2. The molecule has 0 saturated carbocycles. The number of nitrogens with one attached hydrogen (secondary N) is 1. The second kappa shape index (κ2) is 6.18. The average molecular weight is 237 g/mol. The summed E-state index contributed by atoms with van der Waals surface area (Å²) in [6.45, 7) is 7.78. The Morgan fingerprint density at radius 1 is 1.47 bits per heavy atom. The van der Waals surface area contributed by atoms with Gasteiger partial charge in [-0.2, -0.15) is 0 Å². The van der Waals surface area contributed by atoms with E-state index < -0.39 is 6.04 Å². The van der Waals surface area contributed by atoms with Crippen LogP contribution in [0, 0.1) is 6.92 Å². The first-order valence-corrected chi connectivity index (χ1v) is 5.84. The first kappa shape index (κ1) is 13.4. The molecule has 5 nitrogen and oxygen atoms in total. The average Bonchev–Trinajstić information content (AvgIpc) is 2.28. The molecule has 1 heterocycles. The minimum atomic E-state index is -0.408. The second-order valence-corrected chi connectivity index (χ2v) is 3.76. The number of ether oxygens (including phenoxy) is 1. The summed E-state index contributed by atoms with van der Waals surface area (Å²) >= 11 is 0. The van der Waals surface area contributed by atoms with Crippen LogP contribution in [-0.2, 0) is 16.0 Å². The molecule has 1 atom stereocenters. The van der Waals surface area contributed by atoms with Gasteiger partial charge in [0.1, 0.15) is 17.7 Å². The van der Waals surface area contributed by atoms with Crippen LogP contribution in [-0.4, -0.2) is 28.6 Å². The third kappa shape index (κ3) is 4.01. The van der Waals surface area contributed by atoms with Gasteiger partial charge >= 0.3 is 5.97 Å². The molecule has 1 aromatic rings. The lowest BCUT2D eigenvalue weighted by molar-refractivity contribution is -0.143. The molecular weight excluding hydrogens is 218 g/mol. The molecule has 0 saturated heterocycles. The van der Waals surface area contributed by atoms with Crippen molar-refractivity contribution >= 4 is 11.8 Å². The summed E-state index contributed by atoms with van der Waals surface area (Å²) in [5, 5.41) is 3.02. The predicted molar refractivity (Wildman–Crippen MR) is 65.9 cm³/mol. The van der Waals surface area contributed by atoms with Crippen molar-refractivity contribution in [3.63, 3.8) is 0 Å². The first-order chi connectivity index (χ1) is 8.06. The van der Waals surface area contributed by atoms with Gasteiger partial charge in [-0.3, -0.25) is 0 Å². The Bertz CT molecular complexity index is 393. The SMILES string of the molecule is CCOC(=O)C(C)Nc1cc(CC)nc(C)n1. The van der Waals surface area contributed by atoms with E-state index >= 15 is 0 Å². The molecule has 5 heteroatoms. The number of anilines is 1. The molecule has 0 radical (unpaired) electrons. The topological polar surface area (TPSA) is 64.1 Å². The third-order valence-corrected chi connectivity index (χ3v) is 2.26. The van der Waals surface area contributed by atoms with Crippen molar-refractivity contribution in [1.82, 2.24) is 9.97 Å². The number of carbonyl (C=O) groups is 1. The lowest BCUT2D eigenvalue weighted by Crippen LogP contribution is -2.28. The molecule has 0 bridgehead atoms. The van der Waals surface area contributed by atoms with Crippen LogP contribution in [0.15, 0.2) is 6.07 Å². The number of esters is 1. The summed E-state index contributed by atoms with van der Waals surface area (Å²) in [5.41, 5.74) is 0.955. The van der Waals surface area contributed by atoms with Gasteiger partial charge in [-0.25, -0.2) is 14.8 Å². The van der Waals surface area contributed by atoms with E-state index in [-0.39, 0.29) is 5.97 Å². The van der Waals surface area contributed by atoms with Gasteiger partial charge in [0.2, 0.25) is 0 Å². The highest BCUT2D eigenvalue weighted by atomic mass is 16.5. The summed E-state index contributed by atoms with van der Waals surface area (Å²) < 4.78 is 4.92. The fraction of sp³-hybridized carbons (Fsp3) is 0.583. The van der Waals surface area contributed by atoms with Crippen LogP contribution in [0.2, 0.25) is 0 Å². The van der Waals surface area contributed by atoms with Gasteiger partial charge in [-0.1, -0.05) is 6.92 Å². The highest BCUT2D eigenvalue weighted by molar-refractivity contribution is 5.78. The number of hydrogen-bond donors (Lipinski definition) is 1. The molecule has 1 aromatic heterocycles. The van der Waals surface area contributed by atoms with Gasteiger partial charge < -0.3 is 10.1 Å². The molecule has 0 aromatic carbocycles. The maximum Gasteiger partial charge on any atom is 0.328 e. The van der Waals surface area contributed by atoms with E-state index in [1.54, 1.807) is 13.8 Å². The van der Waals surface area contributed by atoms with E-state index in [1.807, 2.05) is 19.9 Å². The van der Waals surface area contributed by atoms with Crippen LogP contribution in [0.4, 0.5) is 5.82 Å². The standard InChI is InChI=1S/C12H19N3O2/c1-5-10-7-11(15-9(4)14-10)13-8(3)12(16)17-6-2/h7-8H,5-6H2,1-4H3,(H,13,14,15). The van der Waals surface area contributed by atoms with E-state index in [9.17, 15) is 4.79 Å². The monoisotopic (exact) mass is 237 g/mol. The Labute approximate surface area is 102 Å². The summed E-state index contributed by atoms with van der Waals surface area (Å²) in [5.74, 6) is 1.08. The van der Waals surface area contributed by atoms with Crippen LogP contribution in [0.3, 0.4) is 0 Å². The number of aryl methyl sites for hydroxylation is 2.